The van der Waals surface area contributed by atoms with E-state index in [9.17, 15) is 4.79 Å². The van der Waals surface area contributed by atoms with Crippen molar-refractivity contribution in [2.24, 2.45) is 0 Å². The maximum atomic E-state index is 10.5. The minimum absolute atomic E-state index is 0.0402. The average molecular weight is 477 g/mol. The minimum atomic E-state index is -0.455. The summed E-state index contributed by atoms with van der Waals surface area (Å²) >= 11 is 0. The van der Waals surface area contributed by atoms with Crippen molar-refractivity contribution in [1.29, 1.82) is 0 Å². The van der Waals surface area contributed by atoms with Gasteiger partial charge in [0.25, 0.3) is 0 Å². The Morgan fingerprint density at radius 1 is 0.694 bits per heavy atom. The fraction of sp³-hybridized carbons (Fsp3) is 0.156. The minimum Gasteiger partial charge on any atom is -0.460 e. The van der Waals surface area contributed by atoms with E-state index in [1.807, 2.05) is 0 Å². The number of benzene rings is 4. The zero-order valence-corrected chi connectivity index (χ0v) is 20.2. The molecule has 0 bridgehead atoms. The van der Waals surface area contributed by atoms with Crippen LogP contribution in [0.4, 0.5) is 0 Å². The monoisotopic (exact) mass is 476 g/mol. The molecule has 0 fully saturated rings. The normalized spacial score (nSPS) is 13.1. The summed E-state index contributed by atoms with van der Waals surface area (Å²) < 4.78 is 11.3. The fourth-order valence-electron chi connectivity index (χ4n) is 4.91. The Morgan fingerprint density at radius 2 is 1.03 bits per heavy atom. The second kappa shape index (κ2) is 10.3. The Morgan fingerprint density at radius 3 is 1.33 bits per heavy atom. The van der Waals surface area contributed by atoms with Gasteiger partial charge in [-0.3, -0.25) is 0 Å². The SMILES string of the molecule is C=C(C)C(=O)OCCO.c1ccc2c(c1)-c1ccccc1C2OC1c2ccccc2-c2ccccc21. The van der Waals surface area contributed by atoms with Crippen molar-refractivity contribution >= 4 is 5.97 Å². The largest absolute Gasteiger partial charge is 0.460 e. The summed E-state index contributed by atoms with van der Waals surface area (Å²) in [5, 5.41) is 8.19. The summed E-state index contributed by atoms with van der Waals surface area (Å²) in [5.74, 6) is -0.455. The maximum Gasteiger partial charge on any atom is 0.333 e. The van der Waals surface area contributed by atoms with Crippen molar-refractivity contribution < 1.29 is 19.4 Å². The van der Waals surface area contributed by atoms with Gasteiger partial charge in [0.15, 0.2) is 0 Å². The maximum absolute atomic E-state index is 10.5. The number of aliphatic hydroxyl groups excluding tert-OH is 1. The van der Waals surface area contributed by atoms with E-state index in [2.05, 4.69) is 108 Å². The van der Waals surface area contributed by atoms with Crippen LogP contribution in [0.25, 0.3) is 22.3 Å². The van der Waals surface area contributed by atoms with Gasteiger partial charge in [-0.05, 0) is 51.4 Å². The van der Waals surface area contributed by atoms with Gasteiger partial charge in [0.1, 0.15) is 18.8 Å². The smallest absolute Gasteiger partial charge is 0.333 e. The van der Waals surface area contributed by atoms with E-state index >= 15 is 0 Å². The standard InChI is InChI=1S/C26H18O.C6H10O3/c1-5-13-21-17(9-1)18-10-2-6-14-22(18)25(21)27-26-23-15-7-3-11-19(23)20-12-4-8-16-24(20)26;1-5(2)6(8)9-4-3-7/h1-16,25-26H;7H,1,3-4H2,2H3. The highest BCUT2D eigenvalue weighted by molar-refractivity contribution is 5.86. The number of esters is 1. The predicted molar refractivity (Wildman–Crippen MR) is 141 cm³/mol. The number of fused-ring (bicyclic) bond motifs is 6. The van der Waals surface area contributed by atoms with Crippen molar-refractivity contribution in [1.82, 2.24) is 0 Å². The van der Waals surface area contributed by atoms with Crippen molar-refractivity contribution in [2.45, 2.75) is 19.1 Å². The van der Waals surface area contributed by atoms with Crippen LogP contribution < -0.4 is 0 Å². The number of hydrogen-bond donors (Lipinski definition) is 1. The van der Waals surface area contributed by atoms with Crippen molar-refractivity contribution in [3.63, 3.8) is 0 Å². The second-order valence-corrected chi connectivity index (χ2v) is 8.89. The third-order valence-electron chi connectivity index (χ3n) is 6.50. The first-order valence-electron chi connectivity index (χ1n) is 12.1. The first kappa shape index (κ1) is 23.7. The van der Waals surface area contributed by atoms with E-state index in [-0.39, 0.29) is 25.4 Å². The summed E-state index contributed by atoms with van der Waals surface area (Å²) in [6.45, 7) is 4.81. The molecule has 36 heavy (non-hydrogen) atoms. The van der Waals surface area contributed by atoms with E-state index in [4.69, 9.17) is 9.84 Å². The van der Waals surface area contributed by atoms with Crippen LogP contribution in [0.5, 0.6) is 0 Å². The summed E-state index contributed by atoms with van der Waals surface area (Å²) in [5.41, 5.74) is 10.6. The second-order valence-electron chi connectivity index (χ2n) is 8.89. The zero-order chi connectivity index (χ0) is 25.1. The van der Waals surface area contributed by atoms with Crippen molar-refractivity contribution in [3.05, 3.63) is 131 Å². The molecule has 180 valence electrons. The van der Waals surface area contributed by atoms with Crippen molar-refractivity contribution in [2.75, 3.05) is 13.2 Å². The summed E-state index contributed by atoms with van der Waals surface area (Å²) in [4.78, 5) is 10.5. The first-order chi connectivity index (χ1) is 17.6. The molecule has 0 amide bonds. The number of ether oxygens (including phenoxy) is 2. The van der Waals surface area contributed by atoms with Gasteiger partial charge >= 0.3 is 5.97 Å². The van der Waals surface area contributed by atoms with Crippen LogP contribution >= 0.6 is 0 Å². The topological polar surface area (TPSA) is 55.8 Å². The number of carbonyl (C=O) groups is 1. The lowest BCUT2D eigenvalue weighted by molar-refractivity contribution is -0.139. The predicted octanol–water partition coefficient (Wildman–Crippen LogP) is 6.64. The van der Waals surface area contributed by atoms with E-state index < -0.39 is 5.97 Å². The molecule has 0 heterocycles. The van der Waals surface area contributed by atoms with E-state index in [1.165, 1.54) is 44.5 Å². The number of aliphatic hydroxyl groups is 1. The van der Waals surface area contributed by atoms with Gasteiger partial charge in [0.05, 0.1) is 6.61 Å². The number of hydrogen-bond acceptors (Lipinski definition) is 4. The van der Waals surface area contributed by atoms with Crippen LogP contribution in [0, 0.1) is 0 Å². The Hall–Kier alpha value is -3.99. The molecule has 0 atom stereocenters. The molecule has 2 aliphatic carbocycles. The zero-order valence-electron chi connectivity index (χ0n) is 20.2. The van der Waals surface area contributed by atoms with Crippen LogP contribution in [0.3, 0.4) is 0 Å². The molecule has 0 aliphatic heterocycles. The lowest BCUT2D eigenvalue weighted by Gasteiger charge is -2.22. The molecule has 6 rings (SSSR count). The Kier molecular flexibility index (Phi) is 6.81. The van der Waals surface area contributed by atoms with Gasteiger partial charge in [0.2, 0.25) is 0 Å². The molecule has 2 aliphatic rings. The molecule has 1 N–H and O–H groups in total. The molecule has 4 heteroatoms. The lowest BCUT2D eigenvalue weighted by atomic mass is 10.1. The van der Waals surface area contributed by atoms with Crippen LogP contribution in [0.1, 0.15) is 41.4 Å². The third-order valence-corrected chi connectivity index (χ3v) is 6.50. The quantitative estimate of drug-likeness (QED) is 0.259. The van der Waals surface area contributed by atoms with Gasteiger partial charge in [-0.15, -0.1) is 0 Å². The average Bonchev–Trinajstić information content (AvgIpc) is 3.41. The van der Waals surface area contributed by atoms with Gasteiger partial charge in [-0.1, -0.05) is 104 Å². The highest BCUT2D eigenvalue weighted by Crippen LogP contribution is 2.51. The van der Waals surface area contributed by atoms with Gasteiger partial charge in [-0.25, -0.2) is 4.79 Å². The number of carbonyl (C=O) groups excluding carboxylic acids is 1. The van der Waals surface area contributed by atoms with Crippen LogP contribution in [0.15, 0.2) is 109 Å². The van der Waals surface area contributed by atoms with E-state index in [1.54, 1.807) is 6.92 Å². The van der Waals surface area contributed by atoms with Crippen LogP contribution in [-0.4, -0.2) is 24.3 Å². The van der Waals surface area contributed by atoms with Crippen molar-refractivity contribution in [3.8, 4) is 22.3 Å². The Balaban J connectivity index is 0.000000257. The summed E-state index contributed by atoms with van der Waals surface area (Å²) in [6.07, 6.45) is -0.0803. The molecule has 4 aromatic carbocycles. The van der Waals surface area contributed by atoms with Gasteiger partial charge < -0.3 is 14.6 Å². The van der Waals surface area contributed by atoms with Gasteiger partial charge in [-0.2, -0.15) is 0 Å². The molecule has 4 nitrogen and oxygen atoms in total. The molecular weight excluding hydrogens is 448 g/mol. The van der Waals surface area contributed by atoms with Crippen LogP contribution in [0.2, 0.25) is 0 Å². The fourth-order valence-corrected chi connectivity index (χ4v) is 4.91. The highest BCUT2D eigenvalue weighted by atomic mass is 16.5. The molecule has 0 saturated heterocycles. The highest BCUT2D eigenvalue weighted by Gasteiger charge is 2.35. The summed E-state index contributed by atoms with van der Waals surface area (Å²) in [6, 6.07) is 34.5. The molecular formula is C32H28O4. The lowest BCUT2D eigenvalue weighted by Crippen LogP contribution is -2.09. The third kappa shape index (κ3) is 4.37. The first-order valence-corrected chi connectivity index (χ1v) is 12.1. The van der Waals surface area contributed by atoms with E-state index in [0.29, 0.717) is 5.57 Å². The Bertz CT molecular complexity index is 1240. The molecule has 0 aromatic heterocycles. The van der Waals surface area contributed by atoms with E-state index in [0.717, 1.165) is 0 Å². The Labute approximate surface area is 211 Å². The molecule has 0 unspecified atom stereocenters. The molecule has 4 aromatic rings. The molecule has 0 spiro atoms. The van der Waals surface area contributed by atoms with Crippen LogP contribution in [-0.2, 0) is 14.3 Å². The molecule has 0 radical (unpaired) electrons. The number of rotatable bonds is 5. The summed E-state index contributed by atoms with van der Waals surface area (Å²) in [7, 11) is 0. The molecule has 0 saturated carbocycles. The van der Waals surface area contributed by atoms with Gasteiger partial charge in [0, 0.05) is 5.57 Å².